The molecule has 1 aliphatic rings. The molecule has 1 N–H and O–H groups in total. The number of rotatable bonds is 7. The van der Waals surface area contributed by atoms with E-state index < -0.39 is 11.7 Å². The molecule has 0 aromatic heterocycles. The molecule has 1 fully saturated rings. The first kappa shape index (κ1) is 20.9. The molecule has 5 nitrogen and oxygen atoms in total. The quantitative estimate of drug-likeness (QED) is 0.704. The third-order valence-corrected chi connectivity index (χ3v) is 4.34. The molecule has 2 aromatic rings. The van der Waals surface area contributed by atoms with Crippen molar-refractivity contribution < 1.29 is 27.4 Å². The molecular weight excluding hydrogens is 385 g/mol. The number of hydrogen-bond acceptors (Lipinski definition) is 4. The van der Waals surface area contributed by atoms with E-state index in [1.54, 1.807) is 24.3 Å². The second-order valence-corrected chi connectivity index (χ2v) is 6.60. The van der Waals surface area contributed by atoms with E-state index in [4.69, 9.17) is 9.47 Å². The number of halogens is 3. The van der Waals surface area contributed by atoms with Crippen molar-refractivity contribution in [3.05, 3.63) is 59.7 Å². The smallest absolute Gasteiger partial charge is 0.416 e. The van der Waals surface area contributed by atoms with E-state index in [-0.39, 0.29) is 24.3 Å². The van der Waals surface area contributed by atoms with Crippen LogP contribution in [0.15, 0.2) is 53.5 Å². The van der Waals surface area contributed by atoms with Crippen molar-refractivity contribution in [1.82, 2.24) is 5.32 Å². The monoisotopic (exact) mass is 406 g/mol. The highest BCUT2D eigenvalue weighted by Crippen LogP contribution is 2.31. The lowest BCUT2D eigenvalue weighted by atomic mass is 10.2. The van der Waals surface area contributed by atoms with Crippen LogP contribution in [0.3, 0.4) is 0 Å². The molecule has 1 saturated heterocycles. The lowest BCUT2D eigenvalue weighted by molar-refractivity contribution is -0.137. The number of nitrogens with zero attached hydrogens (tertiary/aromatic N) is 1. The maximum atomic E-state index is 12.7. The molecule has 29 heavy (non-hydrogen) atoms. The zero-order valence-corrected chi connectivity index (χ0v) is 15.6. The Hall–Kier alpha value is -2.87. The minimum absolute atomic E-state index is 0.0781. The van der Waals surface area contributed by atoms with Gasteiger partial charge in [-0.1, -0.05) is 6.07 Å². The summed E-state index contributed by atoms with van der Waals surface area (Å²) in [6.45, 7) is 1.11. The van der Waals surface area contributed by atoms with Crippen LogP contribution in [0, 0.1) is 0 Å². The SMILES string of the molecule is O=C(COc1ccc(C=Nc2cccc(C(F)(F)F)c2)cc1)NC[C@@H]1CCCO1. The number of amides is 1. The van der Waals surface area contributed by atoms with Crippen LogP contribution >= 0.6 is 0 Å². The second-order valence-electron chi connectivity index (χ2n) is 6.60. The first-order valence-electron chi connectivity index (χ1n) is 9.23. The highest BCUT2D eigenvalue weighted by Gasteiger charge is 2.30. The van der Waals surface area contributed by atoms with Gasteiger partial charge < -0.3 is 14.8 Å². The van der Waals surface area contributed by atoms with E-state index >= 15 is 0 Å². The summed E-state index contributed by atoms with van der Waals surface area (Å²) in [5.41, 5.74) is 0.161. The van der Waals surface area contributed by atoms with Gasteiger partial charge in [0.15, 0.2) is 6.61 Å². The minimum atomic E-state index is -4.40. The summed E-state index contributed by atoms with van der Waals surface area (Å²) in [4.78, 5) is 15.9. The number of hydrogen-bond donors (Lipinski definition) is 1. The van der Waals surface area contributed by atoms with Gasteiger partial charge in [0.2, 0.25) is 0 Å². The Bertz CT molecular complexity index is 845. The van der Waals surface area contributed by atoms with Gasteiger partial charge in [0, 0.05) is 19.4 Å². The molecule has 3 rings (SSSR count). The average Bonchev–Trinajstić information content (AvgIpc) is 3.23. The van der Waals surface area contributed by atoms with Crippen LogP contribution in [-0.2, 0) is 15.7 Å². The molecule has 2 aromatic carbocycles. The Morgan fingerprint density at radius 3 is 2.72 bits per heavy atom. The Labute approximate surface area is 166 Å². The predicted octanol–water partition coefficient (Wildman–Crippen LogP) is 4.13. The summed E-state index contributed by atoms with van der Waals surface area (Å²) in [6, 6.07) is 11.6. The summed E-state index contributed by atoms with van der Waals surface area (Å²) in [7, 11) is 0. The van der Waals surface area contributed by atoms with Crippen LogP contribution in [0.2, 0.25) is 0 Å². The predicted molar refractivity (Wildman–Crippen MR) is 103 cm³/mol. The Kier molecular flexibility index (Phi) is 6.87. The first-order valence-corrected chi connectivity index (χ1v) is 9.23. The van der Waals surface area contributed by atoms with Crippen molar-refractivity contribution in [2.24, 2.45) is 4.99 Å². The number of nitrogens with one attached hydrogen (secondary N) is 1. The molecular formula is C21H21F3N2O3. The van der Waals surface area contributed by atoms with Crippen molar-refractivity contribution >= 4 is 17.8 Å². The van der Waals surface area contributed by atoms with Gasteiger partial charge in [0.25, 0.3) is 5.91 Å². The van der Waals surface area contributed by atoms with Gasteiger partial charge in [-0.15, -0.1) is 0 Å². The summed E-state index contributed by atoms with van der Waals surface area (Å²) in [5, 5.41) is 2.77. The number of aliphatic imine (C=N–C) groups is 1. The topological polar surface area (TPSA) is 59.9 Å². The van der Waals surface area contributed by atoms with Gasteiger partial charge in [-0.3, -0.25) is 9.79 Å². The molecule has 1 heterocycles. The van der Waals surface area contributed by atoms with Crippen LogP contribution in [0.25, 0.3) is 0 Å². The minimum Gasteiger partial charge on any atom is -0.484 e. The van der Waals surface area contributed by atoms with Gasteiger partial charge in [-0.05, 0) is 60.9 Å². The zero-order valence-electron chi connectivity index (χ0n) is 15.6. The summed E-state index contributed by atoms with van der Waals surface area (Å²) >= 11 is 0. The van der Waals surface area contributed by atoms with Gasteiger partial charge in [0.05, 0.1) is 17.4 Å². The number of alkyl halides is 3. The second kappa shape index (κ2) is 9.56. The fourth-order valence-electron chi connectivity index (χ4n) is 2.79. The Morgan fingerprint density at radius 2 is 2.03 bits per heavy atom. The molecule has 0 unspecified atom stereocenters. The van der Waals surface area contributed by atoms with Crippen LogP contribution in [0.4, 0.5) is 18.9 Å². The molecule has 0 spiro atoms. The molecule has 1 amide bonds. The molecule has 1 atom stereocenters. The number of carbonyl (C=O) groups is 1. The summed E-state index contributed by atoms with van der Waals surface area (Å²) in [6.07, 6.45) is -0.895. The van der Waals surface area contributed by atoms with E-state index in [1.807, 2.05) is 0 Å². The van der Waals surface area contributed by atoms with Crippen molar-refractivity contribution in [2.45, 2.75) is 25.1 Å². The molecule has 154 valence electrons. The molecule has 0 saturated carbocycles. The van der Waals surface area contributed by atoms with Crippen LogP contribution in [-0.4, -0.2) is 38.0 Å². The lowest BCUT2D eigenvalue weighted by Gasteiger charge is -2.11. The van der Waals surface area contributed by atoms with Crippen molar-refractivity contribution in [1.29, 1.82) is 0 Å². The maximum Gasteiger partial charge on any atom is 0.416 e. The van der Waals surface area contributed by atoms with Crippen LogP contribution < -0.4 is 10.1 Å². The highest BCUT2D eigenvalue weighted by molar-refractivity contribution is 5.82. The molecule has 8 heteroatoms. The lowest BCUT2D eigenvalue weighted by Crippen LogP contribution is -2.35. The summed E-state index contributed by atoms with van der Waals surface area (Å²) < 4.78 is 49.1. The van der Waals surface area contributed by atoms with Crippen LogP contribution in [0.1, 0.15) is 24.0 Å². The van der Waals surface area contributed by atoms with Crippen molar-refractivity contribution in [3.63, 3.8) is 0 Å². The maximum absolute atomic E-state index is 12.7. The third kappa shape index (κ3) is 6.60. The fraction of sp³-hybridized carbons (Fsp3) is 0.333. The highest BCUT2D eigenvalue weighted by atomic mass is 19.4. The number of benzene rings is 2. The molecule has 0 radical (unpaired) electrons. The van der Waals surface area contributed by atoms with Crippen molar-refractivity contribution in [2.75, 3.05) is 19.8 Å². The van der Waals surface area contributed by atoms with Gasteiger partial charge in [-0.25, -0.2) is 0 Å². The Balaban J connectivity index is 1.48. The van der Waals surface area contributed by atoms with Crippen LogP contribution in [0.5, 0.6) is 5.75 Å². The zero-order chi connectivity index (χ0) is 20.7. The number of ether oxygens (including phenoxy) is 2. The molecule has 0 bridgehead atoms. The average molecular weight is 406 g/mol. The van der Waals surface area contributed by atoms with E-state index in [9.17, 15) is 18.0 Å². The Morgan fingerprint density at radius 1 is 1.24 bits per heavy atom. The standard InChI is InChI=1S/C21H21F3N2O3/c22-21(23,24)16-3-1-4-17(11-16)25-12-15-6-8-18(9-7-15)29-14-20(27)26-13-19-5-2-10-28-19/h1,3-4,6-9,11-12,19H,2,5,10,13-14H2,(H,26,27)/t19-/m0/s1. The third-order valence-electron chi connectivity index (χ3n) is 4.34. The normalized spacial score (nSPS) is 16.9. The van der Waals surface area contributed by atoms with Gasteiger partial charge >= 0.3 is 6.18 Å². The van der Waals surface area contributed by atoms with Gasteiger partial charge in [-0.2, -0.15) is 13.2 Å². The molecule has 1 aliphatic heterocycles. The summed E-state index contributed by atoms with van der Waals surface area (Å²) in [5.74, 6) is 0.282. The largest absolute Gasteiger partial charge is 0.484 e. The van der Waals surface area contributed by atoms with Gasteiger partial charge in [0.1, 0.15) is 5.75 Å². The van der Waals surface area contributed by atoms with Crippen molar-refractivity contribution in [3.8, 4) is 5.75 Å². The van der Waals surface area contributed by atoms with E-state index in [2.05, 4.69) is 10.3 Å². The number of carbonyl (C=O) groups excluding carboxylic acids is 1. The fourth-order valence-corrected chi connectivity index (χ4v) is 2.79. The molecule has 0 aliphatic carbocycles. The van der Waals surface area contributed by atoms with E-state index in [1.165, 1.54) is 18.3 Å². The van der Waals surface area contributed by atoms with E-state index in [0.717, 1.165) is 31.6 Å². The van der Waals surface area contributed by atoms with E-state index in [0.29, 0.717) is 17.9 Å². The first-order chi connectivity index (χ1) is 13.9.